The number of ether oxygens (including phenoxy) is 1. The number of carbonyl (C=O) groups excluding carboxylic acids is 1. The van der Waals surface area contributed by atoms with Crippen molar-refractivity contribution in [2.75, 3.05) is 0 Å². The summed E-state index contributed by atoms with van der Waals surface area (Å²) < 4.78 is 17.9. The number of benzene rings is 1. The van der Waals surface area contributed by atoms with Gasteiger partial charge >= 0.3 is 5.97 Å². The first-order valence-corrected chi connectivity index (χ1v) is 5.69. The normalized spacial score (nSPS) is 12.6. The average Bonchev–Trinajstić information content (AvgIpc) is 2.25. The fourth-order valence-corrected chi connectivity index (χ4v) is 1.48. The van der Waals surface area contributed by atoms with Crippen molar-refractivity contribution >= 4 is 5.97 Å². The van der Waals surface area contributed by atoms with Crippen molar-refractivity contribution in [2.45, 2.75) is 38.7 Å². The van der Waals surface area contributed by atoms with Crippen molar-refractivity contribution in [1.82, 2.24) is 0 Å². The van der Waals surface area contributed by atoms with Crippen molar-refractivity contribution < 1.29 is 13.9 Å². The third-order valence-corrected chi connectivity index (χ3v) is 2.22. The molecule has 0 amide bonds. The molecule has 4 heteroatoms. The van der Waals surface area contributed by atoms with Crippen LogP contribution in [0.3, 0.4) is 0 Å². The Kier molecular flexibility index (Phi) is 4.43. The van der Waals surface area contributed by atoms with Gasteiger partial charge < -0.3 is 4.74 Å². The molecule has 0 saturated heterocycles. The van der Waals surface area contributed by atoms with Crippen molar-refractivity contribution in [3.63, 3.8) is 0 Å². The van der Waals surface area contributed by atoms with Crippen molar-refractivity contribution in [3.8, 4) is 6.07 Å². The number of carbonyl (C=O) groups is 1. The molecule has 0 radical (unpaired) electrons. The summed E-state index contributed by atoms with van der Waals surface area (Å²) in [5.74, 6) is -1.41. The lowest BCUT2D eigenvalue weighted by atomic mass is 9.97. The zero-order valence-electron chi connectivity index (χ0n) is 10.7. The lowest BCUT2D eigenvalue weighted by molar-refractivity contribution is -0.154. The van der Waals surface area contributed by atoms with E-state index in [1.165, 1.54) is 24.3 Å². The highest BCUT2D eigenvalue weighted by atomic mass is 19.1. The topological polar surface area (TPSA) is 50.1 Å². The van der Waals surface area contributed by atoms with Gasteiger partial charge in [-0.1, -0.05) is 12.1 Å². The van der Waals surface area contributed by atoms with Crippen LogP contribution in [-0.2, 0) is 9.53 Å². The summed E-state index contributed by atoms with van der Waals surface area (Å²) >= 11 is 0. The number of halogens is 1. The summed E-state index contributed by atoms with van der Waals surface area (Å²) in [5.41, 5.74) is 0.0460. The molecule has 96 valence electrons. The third kappa shape index (κ3) is 4.54. The van der Waals surface area contributed by atoms with Crippen LogP contribution in [0.5, 0.6) is 0 Å². The van der Waals surface area contributed by atoms with Crippen LogP contribution in [-0.4, -0.2) is 11.6 Å². The molecule has 0 aliphatic rings. The number of nitrogens with zero attached hydrogens (tertiary/aromatic N) is 1. The van der Waals surface area contributed by atoms with Gasteiger partial charge in [0.15, 0.2) is 0 Å². The molecule has 0 fully saturated rings. The van der Waals surface area contributed by atoms with E-state index in [9.17, 15) is 9.18 Å². The molecule has 1 aromatic carbocycles. The quantitative estimate of drug-likeness (QED) is 0.773. The van der Waals surface area contributed by atoms with E-state index in [2.05, 4.69) is 0 Å². The van der Waals surface area contributed by atoms with Gasteiger partial charge in [-0.25, -0.2) is 4.39 Å². The van der Waals surface area contributed by atoms with Crippen LogP contribution in [0.25, 0.3) is 0 Å². The standard InChI is InChI=1S/C14H16FNO2/c1-14(2,3)18-13(17)8-11(9-16)10-4-6-12(15)7-5-10/h4-7,11H,8H2,1-3H3/t11-/m1/s1. The summed E-state index contributed by atoms with van der Waals surface area (Å²) in [6, 6.07) is 7.59. The molecule has 0 heterocycles. The van der Waals surface area contributed by atoms with E-state index in [1.54, 1.807) is 20.8 Å². The number of hydrogen-bond acceptors (Lipinski definition) is 3. The predicted octanol–water partition coefficient (Wildman–Crippen LogP) is 3.16. The molecule has 0 unspecified atom stereocenters. The number of esters is 1. The van der Waals surface area contributed by atoms with E-state index in [4.69, 9.17) is 10.00 Å². The van der Waals surface area contributed by atoms with Gasteiger partial charge in [-0.2, -0.15) is 5.26 Å². The van der Waals surface area contributed by atoms with Gasteiger partial charge in [0.05, 0.1) is 18.4 Å². The molecule has 1 rings (SSSR count). The summed E-state index contributed by atoms with van der Waals surface area (Å²) in [7, 11) is 0. The van der Waals surface area contributed by atoms with Gasteiger partial charge in [0.25, 0.3) is 0 Å². The second kappa shape index (κ2) is 5.63. The van der Waals surface area contributed by atoms with E-state index in [0.29, 0.717) is 5.56 Å². The monoisotopic (exact) mass is 249 g/mol. The second-order valence-electron chi connectivity index (χ2n) is 5.02. The van der Waals surface area contributed by atoms with Gasteiger partial charge in [-0.15, -0.1) is 0 Å². The minimum Gasteiger partial charge on any atom is -0.460 e. The molecule has 1 aromatic rings. The Morgan fingerprint density at radius 3 is 2.39 bits per heavy atom. The maximum Gasteiger partial charge on any atom is 0.307 e. The molecule has 0 aliphatic carbocycles. The molecular formula is C14H16FNO2. The zero-order valence-corrected chi connectivity index (χ0v) is 10.7. The smallest absolute Gasteiger partial charge is 0.307 e. The third-order valence-electron chi connectivity index (χ3n) is 2.22. The van der Waals surface area contributed by atoms with E-state index in [1.807, 2.05) is 6.07 Å². The first-order chi connectivity index (χ1) is 8.31. The fourth-order valence-electron chi connectivity index (χ4n) is 1.48. The minimum absolute atomic E-state index is 0.0284. The predicted molar refractivity (Wildman–Crippen MR) is 65.2 cm³/mol. The zero-order chi connectivity index (χ0) is 13.8. The Hall–Kier alpha value is -1.89. The highest BCUT2D eigenvalue weighted by Crippen LogP contribution is 2.21. The molecule has 0 bridgehead atoms. The molecule has 0 aromatic heterocycles. The largest absolute Gasteiger partial charge is 0.460 e. The van der Waals surface area contributed by atoms with Gasteiger partial charge in [-0.3, -0.25) is 4.79 Å². The maximum atomic E-state index is 12.8. The number of hydrogen-bond donors (Lipinski definition) is 0. The Balaban J connectivity index is 2.72. The summed E-state index contributed by atoms with van der Waals surface area (Å²) in [6.45, 7) is 5.30. The summed E-state index contributed by atoms with van der Waals surface area (Å²) in [5, 5.41) is 9.04. The van der Waals surface area contributed by atoms with E-state index in [0.717, 1.165) is 0 Å². The van der Waals surface area contributed by atoms with Crippen LogP contribution >= 0.6 is 0 Å². The first kappa shape index (κ1) is 14.2. The molecule has 0 aliphatic heterocycles. The Morgan fingerprint density at radius 1 is 1.39 bits per heavy atom. The van der Waals surface area contributed by atoms with Crippen LogP contribution in [0.15, 0.2) is 24.3 Å². The van der Waals surface area contributed by atoms with Crippen LogP contribution in [0, 0.1) is 17.1 Å². The van der Waals surface area contributed by atoms with Crippen LogP contribution in [0.1, 0.15) is 38.7 Å². The maximum absolute atomic E-state index is 12.8. The molecular weight excluding hydrogens is 233 g/mol. The van der Waals surface area contributed by atoms with Crippen molar-refractivity contribution in [2.24, 2.45) is 0 Å². The van der Waals surface area contributed by atoms with Crippen LogP contribution < -0.4 is 0 Å². The van der Waals surface area contributed by atoms with E-state index in [-0.39, 0.29) is 12.2 Å². The van der Waals surface area contributed by atoms with Crippen LogP contribution in [0.4, 0.5) is 4.39 Å². The second-order valence-corrected chi connectivity index (χ2v) is 5.02. The van der Waals surface area contributed by atoms with Crippen LogP contribution in [0.2, 0.25) is 0 Å². The first-order valence-electron chi connectivity index (χ1n) is 5.69. The molecule has 0 N–H and O–H groups in total. The Morgan fingerprint density at radius 2 is 1.94 bits per heavy atom. The van der Waals surface area contributed by atoms with E-state index < -0.39 is 17.5 Å². The van der Waals surface area contributed by atoms with Gasteiger partial charge in [0.1, 0.15) is 11.4 Å². The minimum atomic E-state index is -0.611. The summed E-state index contributed by atoms with van der Waals surface area (Å²) in [6.07, 6.45) is -0.0284. The summed E-state index contributed by atoms with van der Waals surface area (Å²) in [4.78, 5) is 11.6. The number of rotatable bonds is 3. The van der Waals surface area contributed by atoms with Gasteiger partial charge in [-0.05, 0) is 38.5 Å². The molecule has 1 atom stereocenters. The van der Waals surface area contributed by atoms with E-state index >= 15 is 0 Å². The highest BCUT2D eigenvalue weighted by molar-refractivity contribution is 5.71. The highest BCUT2D eigenvalue weighted by Gasteiger charge is 2.21. The molecule has 3 nitrogen and oxygen atoms in total. The number of nitriles is 1. The lowest BCUT2D eigenvalue weighted by Crippen LogP contribution is -2.24. The van der Waals surface area contributed by atoms with Crippen molar-refractivity contribution in [1.29, 1.82) is 5.26 Å². The molecule has 18 heavy (non-hydrogen) atoms. The average molecular weight is 249 g/mol. The Labute approximate surface area is 106 Å². The molecule has 0 saturated carbocycles. The van der Waals surface area contributed by atoms with Gasteiger partial charge in [0.2, 0.25) is 0 Å². The fraction of sp³-hybridized carbons (Fsp3) is 0.429. The van der Waals surface area contributed by atoms with Gasteiger partial charge in [0, 0.05) is 0 Å². The molecule has 0 spiro atoms. The lowest BCUT2D eigenvalue weighted by Gasteiger charge is -2.20. The SMILES string of the molecule is CC(C)(C)OC(=O)C[C@H](C#N)c1ccc(F)cc1. The van der Waals surface area contributed by atoms with Crippen molar-refractivity contribution in [3.05, 3.63) is 35.6 Å². The Bertz CT molecular complexity index is 454.